The van der Waals surface area contributed by atoms with E-state index in [-0.39, 0.29) is 5.75 Å². The maximum Gasteiger partial charge on any atom is 0.138 e. The lowest BCUT2D eigenvalue weighted by Gasteiger charge is -2.13. The summed E-state index contributed by atoms with van der Waals surface area (Å²) in [5, 5.41) is 13.0. The second-order valence-corrected chi connectivity index (χ2v) is 4.43. The summed E-state index contributed by atoms with van der Waals surface area (Å²) in [6.07, 6.45) is 2.67. The van der Waals surface area contributed by atoms with Crippen LogP contribution in [0.3, 0.4) is 0 Å². The van der Waals surface area contributed by atoms with Gasteiger partial charge in [-0.3, -0.25) is 4.98 Å². The highest BCUT2D eigenvalue weighted by atomic mass is 16.3. The van der Waals surface area contributed by atoms with Gasteiger partial charge in [0.05, 0.1) is 5.69 Å². The topological polar surface area (TPSA) is 45.1 Å². The molecule has 0 aliphatic heterocycles. The van der Waals surface area contributed by atoms with Crippen LogP contribution in [0.2, 0.25) is 0 Å². The number of nitrogens with zero attached hydrogens (tertiary/aromatic N) is 1. The standard InChI is InChI=1S/C12H18N2O/c1-8-3-6-12(15)11(14-8)7-13-9(2)10-4-5-10/h3,6,9-10,13,15H,4-5,7H2,1-2H3. The third-order valence-electron chi connectivity index (χ3n) is 3.01. The predicted molar refractivity (Wildman–Crippen MR) is 59.7 cm³/mol. The second-order valence-electron chi connectivity index (χ2n) is 4.43. The van der Waals surface area contributed by atoms with Gasteiger partial charge in [0.1, 0.15) is 5.75 Å². The molecule has 2 N–H and O–H groups in total. The number of aromatic nitrogens is 1. The lowest BCUT2D eigenvalue weighted by Crippen LogP contribution is -2.27. The van der Waals surface area contributed by atoms with Crippen LogP contribution in [-0.2, 0) is 6.54 Å². The number of hydrogen-bond donors (Lipinski definition) is 2. The van der Waals surface area contributed by atoms with Crippen molar-refractivity contribution in [1.82, 2.24) is 10.3 Å². The molecule has 1 aromatic heterocycles. The number of pyridine rings is 1. The molecule has 0 spiro atoms. The summed E-state index contributed by atoms with van der Waals surface area (Å²) in [4.78, 5) is 4.31. The van der Waals surface area contributed by atoms with Crippen molar-refractivity contribution in [2.45, 2.75) is 39.3 Å². The first kappa shape index (κ1) is 10.4. The number of aromatic hydroxyl groups is 1. The number of hydrogen-bond acceptors (Lipinski definition) is 3. The Bertz CT molecular complexity index is 347. The highest BCUT2D eigenvalue weighted by molar-refractivity contribution is 5.27. The third-order valence-corrected chi connectivity index (χ3v) is 3.01. The molecule has 1 aromatic rings. The van der Waals surface area contributed by atoms with Gasteiger partial charge in [-0.1, -0.05) is 0 Å². The van der Waals surface area contributed by atoms with Crippen LogP contribution in [0.4, 0.5) is 0 Å². The van der Waals surface area contributed by atoms with Gasteiger partial charge in [-0.15, -0.1) is 0 Å². The van der Waals surface area contributed by atoms with E-state index in [1.165, 1.54) is 12.8 Å². The lowest BCUT2D eigenvalue weighted by atomic mass is 10.2. The first-order chi connectivity index (χ1) is 7.16. The summed E-state index contributed by atoms with van der Waals surface area (Å²) in [7, 11) is 0. The van der Waals surface area contributed by atoms with Crippen LogP contribution < -0.4 is 5.32 Å². The van der Waals surface area contributed by atoms with Crippen molar-refractivity contribution in [2.24, 2.45) is 5.92 Å². The first-order valence-electron chi connectivity index (χ1n) is 5.55. The molecule has 1 unspecified atom stereocenters. The zero-order valence-electron chi connectivity index (χ0n) is 9.33. The molecule has 3 heteroatoms. The minimum absolute atomic E-state index is 0.288. The van der Waals surface area contributed by atoms with Gasteiger partial charge in [-0.25, -0.2) is 0 Å². The van der Waals surface area contributed by atoms with E-state index in [9.17, 15) is 5.11 Å². The third kappa shape index (κ3) is 2.69. The predicted octanol–water partition coefficient (Wildman–Crippen LogP) is 1.98. The summed E-state index contributed by atoms with van der Waals surface area (Å²) >= 11 is 0. The highest BCUT2D eigenvalue weighted by Crippen LogP contribution is 2.32. The van der Waals surface area contributed by atoms with Gasteiger partial charge < -0.3 is 10.4 Å². The molecule has 1 aliphatic rings. The Morgan fingerprint density at radius 2 is 2.27 bits per heavy atom. The molecule has 1 fully saturated rings. The van der Waals surface area contributed by atoms with Crippen LogP contribution in [0.1, 0.15) is 31.2 Å². The molecular formula is C12H18N2O. The van der Waals surface area contributed by atoms with E-state index in [2.05, 4.69) is 17.2 Å². The van der Waals surface area contributed by atoms with Crippen molar-refractivity contribution in [3.63, 3.8) is 0 Å². The van der Waals surface area contributed by atoms with Crippen molar-refractivity contribution in [3.8, 4) is 5.75 Å². The van der Waals surface area contributed by atoms with Crippen LogP contribution in [-0.4, -0.2) is 16.1 Å². The van der Waals surface area contributed by atoms with Gasteiger partial charge in [-0.05, 0) is 44.7 Å². The molecular weight excluding hydrogens is 188 g/mol. The largest absolute Gasteiger partial charge is 0.506 e. The molecule has 82 valence electrons. The molecule has 0 amide bonds. The Labute approximate surface area is 90.5 Å². The average molecular weight is 206 g/mol. The van der Waals surface area contributed by atoms with E-state index in [4.69, 9.17) is 0 Å². The average Bonchev–Trinajstić information content (AvgIpc) is 3.02. The van der Waals surface area contributed by atoms with Gasteiger partial charge in [0, 0.05) is 18.3 Å². The SMILES string of the molecule is Cc1ccc(O)c(CNC(C)C2CC2)n1. The summed E-state index contributed by atoms with van der Waals surface area (Å²) in [5.41, 5.74) is 1.70. The smallest absolute Gasteiger partial charge is 0.138 e. The minimum atomic E-state index is 0.288. The summed E-state index contributed by atoms with van der Waals surface area (Å²) in [6, 6.07) is 4.07. The van der Waals surface area contributed by atoms with Crippen LogP contribution in [0, 0.1) is 12.8 Å². The number of rotatable bonds is 4. The molecule has 0 saturated heterocycles. The molecule has 15 heavy (non-hydrogen) atoms. The lowest BCUT2D eigenvalue weighted by molar-refractivity contribution is 0.444. The zero-order chi connectivity index (χ0) is 10.8. The second kappa shape index (κ2) is 4.19. The molecule has 1 saturated carbocycles. The fourth-order valence-electron chi connectivity index (χ4n) is 1.75. The van der Waals surface area contributed by atoms with Gasteiger partial charge in [0.15, 0.2) is 0 Å². The van der Waals surface area contributed by atoms with E-state index in [0.29, 0.717) is 12.6 Å². The quantitative estimate of drug-likeness (QED) is 0.791. The fraction of sp³-hybridized carbons (Fsp3) is 0.583. The Morgan fingerprint density at radius 3 is 2.93 bits per heavy atom. The van der Waals surface area contributed by atoms with Crippen molar-refractivity contribution in [1.29, 1.82) is 0 Å². The molecule has 0 radical (unpaired) electrons. The molecule has 1 atom stereocenters. The van der Waals surface area contributed by atoms with Crippen molar-refractivity contribution >= 4 is 0 Å². The van der Waals surface area contributed by atoms with Gasteiger partial charge in [-0.2, -0.15) is 0 Å². The Morgan fingerprint density at radius 1 is 1.53 bits per heavy atom. The molecule has 1 heterocycles. The maximum atomic E-state index is 9.60. The molecule has 0 bridgehead atoms. The maximum absolute atomic E-state index is 9.60. The summed E-state index contributed by atoms with van der Waals surface area (Å²) in [6.45, 7) is 4.79. The zero-order valence-corrected chi connectivity index (χ0v) is 9.33. The molecule has 3 nitrogen and oxygen atoms in total. The fourth-order valence-corrected chi connectivity index (χ4v) is 1.75. The molecule has 2 rings (SSSR count). The van der Waals surface area contributed by atoms with E-state index < -0.39 is 0 Å². The molecule has 0 aromatic carbocycles. The van der Waals surface area contributed by atoms with E-state index in [0.717, 1.165) is 17.3 Å². The van der Waals surface area contributed by atoms with Crippen molar-refractivity contribution in [3.05, 3.63) is 23.5 Å². The van der Waals surface area contributed by atoms with Gasteiger partial charge in [0.2, 0.25) is 0 Å². The minimum Gasteiger partial charge on any atom is -0.506 e. The van der Waals surface area contributed by atoms with Crippen LogP contribution >= 0.6 is 0 Å². The Balaban J connectivity index is 1.94. The summed E-state index contributed by atoms with van der Waals surface area (Å²) < 4.78 is 0. The number of nitrogens with one attached hydrogen (secondary N) is 1. The Hall–Kier alpha value is -1.09. The van der Waals surface area contributed by atoms with E-state index >= 15 is 0 Å². The normalized spacial score (nSPS) is 17.7. The summed E-state index contributed by atoms with van der Waals surface area (Å²) in [5.74, 6) is 1.12. The van der Waals surface area contributed by atoms with Crippen molar-refractivity contribution < 1.29 is 5.11 Å². The van der Waals surface area contributed by atoms with Crippen LogP contribution in [0.15, 0.2) is 12.1 Å². The Kier molecular flexibility index (Phi) is 2.91. The van der Waals surface area contributed by atoms with Gasteiger partial charge >= 0.3 is 0 Å². The highest BCUT2D eigenvalue weighted by Gasteiger charge is 2.27. The van der Waals surface area contributed by atoms with E-state index in [1.807, 2.05) is 13.0 Å². The van der Waals surface area contributed by atoms with Gasteiger partial charge in [0.25, 0.3) is 0 Å². The van der Waals surface area contributed by atoms with Crippen LogP contribution in [0.5, 0.6) is 5.75 Å². The number of aryl methyl sites for hydroxylation is 1. The van der Waals surface area contributed by atoms with Crippen molar-refractivity contribution in [2.75, 3.05) is 0 Å². The van der Waals surface area contributed by atoms with E-state index in [1.54, 1.807) is 6.07 Å². The van der Waals surface area contributed by atoms with Crippen LogP contribution in [0.25, 0.3) is 0 Å². The first-order valence-corrected chi connectivity index (χ1v) is 5.55. The molecule has 1 aliphatic carbocycles. The monoisotopic (exact) mass is 206 g/mol.